The molecule has 0 aliphatic rings. The molecule has 0 fully saturated rings. The standard InChI is InChI=1S/C9H15NO3S/c1-5(2)7(9(12)13)10-8(11)6(3)4-14/h6-7,14H,1,4H2,2-3H3,(H,10,11)(H,12,13)/t6-,7+/m0/s1. The summed E-state index contributed by atoms with van der Waals surface area (Å²) in [5.74, 6) is -1.35. The van der Waals surface area contributed by atoms with E-state index in [1.54, 1.807) is 13.8 Å². The number of carboxylic acid groups (broad SMARTS) is 1. The molecule has 1 amide bonds. The van der Waals surface area contributed by atoms with Crippen LogP contribution in [0.25, 0.3) is 0 Å². The minimum atomic E-state index is -1.10. The lowest BCUT2D eigenvalue weighted by Gasteiger charge is -2.16. The molecule has 0 saturated carbocycles. The van der Waals surface area contributed by atoms with Crippen molar-refractivity contribution in [3.63, 3.8) is 0 Å². The lowest BCUT2D eigenvalue weighted by atomic mass is 10.1. The van der Waals surface area contributed by atoms with E-state index in [4.69, 9.17) is 5.11 Å². The fraction of sp³-hybridized carbons (Fsp3) is 0.556. The van der Waals surface area contributed by atoms with Gasteiger partial charge in [0.25, 0.3) is 0 Å². The van der Waals surface area contributed by atoms with Gasteiger partial charge in [0.2, 0.25) is 5.91 Å². The predicted molar refractivity (Wildman–Crippen MR) is 57.4 cm³/mol. The van der Waals surface area contributed by atoms with Crippen LogP contribution >= 0.6 is 12.6 Å². The van der Waals surface area contributed by atoms with Crippen LogP contribution in [0.15, 0.2) is 12.2 Å². The SMILES string of the molecule is C=C(C)[C@@H](NC(=O)[C@@H](C)CS)C(=O)O. The molecule has 0 rings (SSSR count). The van der Waals surface area contributed by atoms with Crippen molar-refractivity contribution in [2.75, 3.05) is 5.75 Å². The summed E-state index contributed by atoms with van der Waals surface area (Å²) >= 11 is 3.95. The summed E-state index contributed by atoms with van der Waals surface area (Å²) in [5, 5.41) is 11.1. The van der Waals surface area contributed by atoms with E-state index in [1.807, 2.05) is 0 Å². The molecule has 0 aliphatic carbocycles. The Hall–Kier alpha value is -0.970. The van der Waals surface area contributed by atoms with Crippen LogP contribution in [-0.2, 0) is 9.59 Å². The van der Waals surface area contributed by atoms with E-state index in [0.29, 0.717) is 11.3 Å². The zero-order chi connectivity index (χ0) is 11.3. The summed E-state index contributed by atoms with van der Waals surface area (Å²) in [7, 11) is 0. The lowest BCUT2D eigenvalue weighted by Crippen LogP contribution is -2.44. The first kappa shape index (κ1) is 13.0. The van der Waals surface area contributed by atoms with Crippen LogP contribution in [0.3, 0.4) is 0 Å². The number of carbonyl (C=O) groups is 2. The van der Waals surface area contributed by atoms with Crippen LogP contribution in [0, 0.1) is 5.92 Å². The van der Waals surface area contributed by atoms with Crippen LogP contribution in [-0.4, -0.2) is 28.8 Å². The number of hydrogen-bond acceptors (Lipinski definition) is 3. The van der Waals surface area contributed by atoms with Crippen molar-refractivity contribution in [3.8, 4) is 0 Å². The maximum atomic E-state index is 11.3. The molecule has 0 saturated heterocycles. The van der Waals surface area contributed by atoms with Gasteiger partial charge >= 0.3 is 5.97 Å². The largest absolute Gasteiger partial charge is 0.479 e. The number of carboxylic acids is 1. The highest BCUT2D eigenvalue weighted by Crippen LogP contribution is 2.02. The molecular formula is C9H15NO3S. The number of rotatable bonds is 5. The van der Waals surface area contributed by atoms with Crippen LogP contribution in [0.5, 0.6) is 0 Å². The molecule has 14 heavy (non-hydrogen) atoms. The van der Waals surface area contributed by atoms with Crippen LogP contribution in [0.2, 0.25) is 0 Å². The van der Waals surface area contributed by atoms with Crippen molar-refractivity contribution < 1.29 is 14.7 Å². The number of thiol groups is 1. The Bertz CT molecular complexity index is 238. The first-order valence-electron chi connectivity index (χ1n) is 4.19. The average molecular weight is 217 g/mol. The van der Waals surface area contributed by atoms with Gasteiger partial charge in [-0.05, 0) is 12.5 Å². The van der Waals surface area contributed by atoms with Crippen molar-refractivity contribution >= 4 is 24.5 Å². The Labute approximate surface area is 88.8 Å². The maximum absolute atomic E-state index is 11.3. The normalized spacial score (nSPS) is 14.2. The van der Waals surface area contributed by atoms with E-state index in [0.717, 1.165) is 0 Å². The molecule has 0 aromatic carbocycles. The second-order valence-corrected chi connectivity index (χ2v) is 3.57. The minimum absolute atomic E-state index is 0.306. The lowest BCUT2D eigenvalue weighted by molar-refractivity contribution is -0.141. The van der Waals surface area contributed by atoms with Gasteiger partial charge in [-0.2, -0.15) is 12.6 Å². The molecule has 0 heterocycles. The van der Waals surface area contributed by atoms with Crippen molar-refractivity contribution in [2.24, 2.45) is 5.92 Å². The van der Waals surface area contributed by atoms with Gasteiger partial charge in [0.1, 0.15) is 6.04 Å². The highest BCUT2D eigenvalue weighted by Gasteiger charge is 2.22. The monoisotopic (exact) mass is 217 g/mol. The zero-order valence-electron chi connectivity index (χ0n) is 8.28. The molecule has 0 radical (unpaired) electrons. The Morgan fingerprint density at radius 3 is 2.36 bits per heavy atom. The topological polar surface area (TPSA) is 66.4 Å². The van der Waals surface area contributed by atoms with E-state index in [2.05, 4.69) is 24.5 Å². The highest BCUT2D eigenvalue weighted by atomic mass is 32.1. The molecule has 0 aliphatic heterocycles. The van der Waals surface area contributed by atoms with E-state index < -0.39 is 12.0 Å². The van der Waals surface area contributed by atoms with Gasteiger partial charge in [-0.25, -0.2) is 4.79 Å². The van der Waals surface area contributed by atoms with Crippen LogP contribution in [0.1, 0.15) is 13.8 Å². The summed E-state index contributed by atoms with van der Waals surface area (Å²) in [6.07, 6.45) is 0. The summed E-state index contributed by atoms with van der Waals surface area (Å²) < 4.78 is 0. The van der Waals surface area contributed by atoms with Gasteiger partial charge in [-0.3, -0.25) is 4.79 Å². The van der Waals surface area contributed by atoms with Crippen LogP contribution in [0.4, 0.5) is 0 Å². The van der Waals surface area contributed by atoms with Crippen LogP contribution < -0.4 is 5.32 Å². The van der Waals surface area contributed by atoms with Gasteiger partial charge in [0.15, 0.2) is 0 Å². The third-order valence-electron chi connectivity index (χ3n) is 1.75. The zero-order valence-corrected chi connectivity index (χ0v) is 9.17. The quantitative estimate of drug-likeness (QED) is 0.469. The number of amides is 1. The Kier molecular flexibility index (Phi) is 5.30. The average Bonchev–Trinajstić information content (AvgIpc) is 2.11. The van der Waals surface area contributed by atoms with Crippen molar-refractivity contribution in [2.45, 2.75) is 19.9 Å². The molecule has 0 unspecified atom stereocenters. The third-order valence-corrected chi connectivity index (χ3v) is 2.30. The molecule has 4 nitrogen and oxygen atoms in total. The molecule has 2 N–H and O–H groups in total. The van der Waals surface area contributed by atoms with Gasteiger partial charge in [0, 0.05) is 11.7 Å². The fourth-order valence-corrected chi connectivity index (χ4v) is 0.929. The summed E-state index contributed by atoms with van der Waals surface area (Å²) in [5.41, 5.74) is 0.400. The molecule has 0 aromatic heterocycles. The van der Waals surface area contributed by atoms with Gasteiger partial charge < -0.3 is 10.4 Å². The van der Waals surface area contributed by atoms with Gasteiger partial charge in [-0.1, -0.05) is 13.5 Å². The van der Waals surface area contributed by atoms with Gasteiger partial charge in [-0.15, -0.1) is 0 Å². The smallest absolute Gasteiger partial charge is 0.330 e. The summed E-state index contributed by atoms with van der Waals surface area (Å²) in [6.45, 7) is 6.74. The van der Waals surface area contributed by atoms with E-state index >= 15 is 0 Å². The summed E-state index contributed by atoms with van der Waals surface area (Å²) in [4.78, 5) is 22.0. The molecule has 5 heteroatoms. The molecule has 0 aromatic rings. The maximum Gasteiger partial charge on any atom is 0.330 e. The second-order valence-electron chi connectivity index (χ2n) is 3.21. The van der Waals surface area contributed by atoms with Gasteiger partial charge in [0.05, 0.1) is 0 Å². The second kappa shape index (κ2) is 5.70. The Balaban J connectivity index is 4.39. The number of nitrogens with one attached hydrogen (secondary N) is 1. The first-order valence-corrected chi connectivity index (χ1v) is 4.82. The van der Waals surface area contributed by atoms with Crippen molar-refractivity contribution in [1.82, 2.24) is 5.32 Å². The van der Waals surface area contributed by atoms with E-state index in [9.17, 15) is 9.59 Å². The third kappa shape index (κ3) is 3.83. The van der Waals surface area contributed by atoms with Crippen molar-refractivity contribution in [3.05, 3.63) is 12.2 Å². The Morgan fingerprint density at radius 1 is 1.57 bits per heavy atom. The molecule has 0 spiro atoms. The first-order chi connectivity index (χ1) is 6.40. The molecule has 2 atom stereocenters. The number of carbonyl (C=O) groups excluding carboxylic acids is 1. The number of hydrogen-bond donors (Lipinski definition) is 3. The highest BCUT2D eigenvalue weighted by molar-refractivity contribution is 7.80. The van der Waals surface area contributed by atoms with Crippen molar-refractivity contribution in [1.29, 1.82) is 0 Å². The fourth-order valence-electron chi connectivity index (χ4n) is 0.763. The molecular weight excluding hydrogens is 202 g/mol. The molecule has 80 valence electrons. The predicted octanol–water partition coefficient (Wildman–Crippen LogP) is 0.698. The van der Waals surface area contributed by atoms with E-state index in [1.165, 1.54) is 0 Å². The molecule has 0 bridgehead atoms. The summed E-state index contributed by atoms with van der Waals surface area (Å²) in [6, 6.07) is -1.01. The van der Waals surface area contributed by atoms with E-state index in [-0.39, 0.29) is 11.8 Å². The minimum Gasteiger partial charge on any atom is -0.479 e. The number of aliphatic carboxylic acids is 1. The Morgan fingerprint density at radius 2 is 2.07 bits per heavy atom.